The average molecular weight is 238 g/mol. The summed E-state index contributed by atoms with van der Waals surface area (Å²) < 4.78 is 10.4. The molecule has 4 heteroatoms. The number of rotatable bonds is 2. The van der Waals surface area contributed by atoms with Gasteiger partial charge in [0.15, 0.2) is 11.5 Å². The van der Waals surface area contributed by atoms with Crippen LogP contribution in [0.2, 0.25) is 5.02 Å². The second-order valence-corrected chi connectivity index (χ2v) is 3.86. The van der Waals surface area contributed by atoms with Crippen LogP contribution in [0.4, 0.5) is 0 Å². The Morgan fingerprint density at radius 2 is 1.75 bits per heavy atom. The molecule has 1 heterocycles. The summed E-state index contributed by atoms with van der Waals surface area (Å²) in [5, 5.41) is 1.57. The third kappa shape index (κ3) is 1.67. The standard InChI is InChI=1S/C12H12ClNO2/c1-7-6-14-9-5-11(16-3)10(15-2)4-8(9)12(7)13/h4-6H,1-3H3. The van der Waals surface area contributed by atoms with Gasteiger partial charge in [0.25, 0.3) is 0 Å². The number of methoxy groups -OCH3 is 2. The molecular weight excluding hydrogens is 226 g/mol. The topological polar surface area (TPSA) is 31.4 Å². The third-order valence-electron chi connectivity index (χ3n) is 2.48. The Labute approximate surface area is 99.0 Å². The van der Waals surface area contributed by atoms with E-state index in [1.807, 2.05) is 19.1 Å². The molecule has 0 aliphatic heterocycles. The van der Waals surface area contributed by atoms with Gasteiger partial charge in [-0.05, 0) is 18.6 Å². The number of fused-ring (bicyclic) bond motifs is 1. The van der Waals surface area contributed by atoms with Crippen molar-refractivity contribution in [3.8, 4) is 11.5 Å². The van der Waals surface area contributed by atoms with Crippen molar-refractivity contribution < 1.29 is 9.47 Å². The van der Waals surface area contributed by atoms with Crippen LogP contribution in [0.3, 0.4) is 0 Å². The van der Waals surface area contributed by atoms with Crippen LogP contribution in [0.5, 0.6) is 11.5 Å². The summed E-state index contributed by atoms with van der Waals surface area (Å²) in [5.74, 6) is 1.31. The second-order valence-electron chi connectivity index (χ2n) is 3.48. The molecule has 84 valence electrons. The van der Waals surface area contributed by atoms with Gasteiger partial charge < -0.3 is 9.47 Å². The summed E-state index contributed by atoms with van der Waals surface area (Å²) in [5.41, 5.74) is 1.75. The largest absolute Gasteiger partial charge is 0.493 e. The van der Waals surface area contributed by atoms with Crippen molar-refractivity contribution in [2.45, 2.75) is 6.92 Å². The van der Waals surface area contributed by atoms with Crippen LogP contribution in [-0.2, 0) is 0 Å². The van der Waals surface area contributed by atoms with Gasteiger partial charge >= 0.3 is 0 Å². The van der Waals surface area contributed by atoms with Crippen molar-refractivity contribution in [3.05, 3.63) is 28.9 Å². The zero-order valence-electron chi connectivity index (χ0n) is 9.37. The molecule has 16 heavy (non-hydrogen) atoms. The molecule has 0 bridgehead atoms. The smallest absolute Gasteiger partial charge is 0.162 e. The Hall–Kier alpha value is -1.48. The summed E-state index contributed by atoms with van der Waals surface area (Å²) in [7, 11) is 3.19. The number of ether oxygens (including phenoxy) is 2. The van der Waals surface area contributed by atoms with Gasteiger partial charge in [0.2, 0.25) is 0 Å². The molecule has 2 aromatic rings. The molecular formula is C12H12ClNO2. The molecule has 0 spiro atoms. The van der Waals surface area contributed by atoms with Gasteiger partial charge in [0, 0.05) is 17.6 Å². The first-order valence-corrected chi connectivity index (χ1v) is 5.22. The van der Waals surface area contributed by atoms with Crippen LogP contribution in [0.15, 0.2) is 18.3 Å². The van der Waals surface area contributed by atoms with E-state index >= 15 is 0 Å². The molecule has 0 aliphatic rings. The minimum Gasteiger partial charge on any atom is -0.493 e. The number of nitrogens with zero attached hydrogens (tertiary/aromatic N) is 1. The molecule has 1 aromatic carbocycles. The molecule has 0 fully saturated rings. The quantitative estimate of drug-likeness (QED) is 0.804. The lowest BCUT2D eigenvalue weighted by atomic mass is 10.1. The summed E-state index contributed by atoms with van der Waals surface area (Å²) in [6, 6.07) is 3.66. The molecule has 0 saturated heterocycles. The van der Waals surface area contributed by atoms with E-state index in [2.05, 4.69) is 4.98 Å². The SMILES string of the molecule is COc1cc2ncc(C)c(Cl)c2cc1OC. The van der Waals surface area contributed by atoms with Gasteiger partial charge in [-0.3, -0.25) is 4.98 Å². The van der Waals surface area contributed by atoms with Gasteiger partial charge in [0.05, 0.1) is 24.8 Å². The first kappa shape index (κ1) is 11.0. The fraction of sp³-hybridized carbons (Fsp3) is 0.250. The lowest BCUT2D eigenvalue weighted by Gasteiger charge is -2.10. The number of halogens is 1. The van der Waals surface area contributed by atoms with Crippen molar-refractivity contribution in [1.29, 1.82) is 0 Å². The van der Waals surface area contributed by atoms with Crippen molar-refractivity contribution in [3.63, 3.8) is 0 Å². The summed E-state index contributed by atoms with van der Waals surface area (Å²) >= 11 is 6.21. The van der Waals surface area contributed by atoms with Crippen molar-refractivity contribution >= 4 is 22.5 Å². The number of aryl methyl sites for hydroxylation is 1. The van der Waals surface area contributed by atoms with E-state index in [-0.39, 0.29) is 0 Å². The molecule has 1 aromatic heterocycles. The molecule has 0 amide bonds. The van der Waals surface area contributed by atoms with Crippen molar-refractivity contribution in [2.75, 3.05) is 14.2 Å². The molecule has 0 unspecified atom stereocenters. The minimum atomic E-state index is 0.655. The Kier molecular flexibility index (Phi) is 2.88. The van der Waals surface area contributed by atoms with Gasteiger partial charge in [-0.1, -0.05) is 11.6 Å². The van der Waals surface area contributed by atoms with E-state index in [0.29, 0.717) is 16.5 Å². The summed E-state index contributed by atoms with van der Waals surface area (Å²) in [6.07, 6.45) is 1.75. The number of benzene rings is 1. The minimum absolute atomic E-state index is 0.655. The number of hydrogen-bond donors (Lipinski definition) is 0. The first-order chi connectivity index (χ1) is 7.67. The van der Waals surface area contributed by atoms with Crippen LogP contribution in [-0.4, -0.2) is 19.2 Å². The van der Waals surface area contributed by atoms with Crippen LogP contribution >= 0.6 is 11.6 Å². The van der Waals surface area contributed by atoms with E-state index in [0.717, 1.165) is 16.5 Å². The fourth-order valence-electron chi connectivity index (χ4n) is 1.59. The van der Waals surface area contributed by atoms with Crippen LogP contribution in [0.25, 0.3) is 10.9 Å². The highest BCUT2D eigenvalue weighted by Gasteiger charge is 2.10. The van der Waals surface area contributed by atoms with Crippen LogP contribution < -0.4 is 9.47 Å². The number of hydrogen-bond acceptors (Lipinski definition) is 3. The highest BCUT2D eigenvalue weighted by Crippen LogP contribution is 2.35. The van der Waals surface area contributed by atoms with Gasteiger partial charge in [0.1, 0.15) is 0 Å². The van der Waals surface area contributed by atoms with E-state index in [4.69, 9.17) is 21.1 Å². The highest BCUT2D eigenvalue weighted by atomic mass is 35.5. The molecule has 0 aliphatic carbocycles. The molecule has 0 radical (unpaired) electrons. The average Bonchev–Trinajstić information content (AvgIpc) is 2.32. The van der Waals surface area contributed by atoms with E-state index < -0.39 is 0 Å². The predicted molar refractivity (Wildman–Crippen MR) is 64.6 cm³/mol. The normalized spacial score (nSPS) is 10.5. The molecule has 0 N–H and O–H groups in total. The molecule has 2 rings (SSSR count). The van der Waals surface area contributed by atoms with E-state index in [1.165, 1.54) is 0 Å². The Morgan fingerprint density at radius 1 is 1.12 bits per heavy atom. The zero-order chi connectivity index (χ0) is 11.7. The second kappa shape index (κ2) is 4.18. The zero-order valence-corrected chi connectivity index (χ0v) is 10.1. The number of pyridine rings is 1. The van der Waals surface area contributed by atoms with Crippen LogP contribution in [0.1, 0.15) is 5.56 Å². The maximum Gasteiger partial charge on any atom is 0.162 e. The molecule has 0 atom stereocenters. The van der Waals surface area contributed by atoms with Crippen molar-refractivity contribution in [1.82, 2.24) is 4.98 Å². The fourth-order valence-corrected chi connectivity index (χ4v) is 1.79. The summed E-state index contributed by atoms with van der Waals surface area (Å²) in [4.78, 5) is 4.31. The maximum absolute atomic E-state index is 6.21. The summed E-state index contributed by atoms with van der Waals surface area (Å²) in [6.45, 7) is 1.92. The molecule has 3 nitrogen and oxygen atoms in total. The Morgan fingerprint density at radius 3 is 2.38 bits per heavy atom. The van der Waals surface area contributed by atoms with Gasteiger partial charge in [-0.15, -0.1) is 0 Å². The predicted octanol–water partition coefficient (Wildman–Crippen LogP) is 3.21. The van der Waals surface area contributed by atoms with E-state index in [9.17, 15) is 0 Å². The highest BCUT2D eigenvalue weighted by molar-refractivity contribution is 6.36. The monoisotopic (exact) mass is 237 g/mol. The lowest BCUT2D eigenvalue weighted by molar-refractivity contribution is 0.356. The molecule has 0 saturated carbocycles. The Bertz CT molecular complexity index is 540. The van der Waals surface area contributed by atoms with Gasteiger partial charge in [-0.25, -0.2) is 0 Å². The van der Waals surface area contributed by atoms with E-state index in [1.54, 1.807) is 20.4 Å². The Balaban J connectivity index is 2.78. The van der Waals surface area contributed by atoms with Crippen molar-refractivity contribution in [2.24, 2.45) is 0 Å². The third-order valence-corrected chi connectivity index (χ3v) is 2.98. The maximum atomic E-state index is 6.21. The first-order valence-electron chi connectivity index (χ1n) is 4.84. The van der Waals surface area contributed by atoms with Gasteiger partial charge in [-0.2, -0.15) is 0 Å². The number of aromatic nitrogens is 1. The van der Waals surface area contributed by atoms with Crippen LogP contribution in [0, 0.1) is 6.92 Å². The lowest BCUT2D eigenvalue weighted by Crippen LogP contribution is -1.92.